The molecule has 0 aromatic carbocycles. The van der Waals surface area contributed by atoms with Crippen LogP contribution in [-0.2, 0) is 11.0 Å². The summed E-state index contributed by atoms with van der Waals surface area (Å²) in [7, 11) is 0. The van der Waals surface area contributed by atoms with E-state index in [1.165, 1.54) is 49.2 Å². The van der Waals surface area contributed by atoms with Crippen molar-refractivity contribution < 1.29 is 0 Å². The molecule has 1 N–H and O–H groups in total. The van der Waals surface area contributed by atoms with E-state index < -0.39 is 0 Å². The van der Waals surface area contributed by atoms with Gasteiger partial charge in [-0.3, -0.25) is 0 Å². The first kappa shape index (κ1) is 17.0. The molecule has 0 radical (unpaired) electrons. The van der Waals surface area contributed by atoms with E-state index in [2.05, 4.69) is 45.3 Å². The Morgan fingerprint density at radius 2 is 2.10 bits per heavy atom. The van der Waals surface area contributed by atoms with E-state index in [4.69, 9.17) is 4.98 Å². The normalized spacial score (nSPS) is 27.0. The smallest absolute Gasteiger partial charge is 0.113 e. The standard InChI is InChI=1S/C18H32N2S/c1-6-12-19-18(11-9-8-10-14(18)7-2)16-20-15(13-21-16)17(3,4)5/h13-14,19H,6-12H2,1-5H3. The highest BCUT2D eigenvalue weighted by atomic mass is 32.1. The zero-order chi connectivity index (χ0) is 15.5. The van der Waals surface area contributed by atoms with Gasteiger partial charge in [-0.15, -0.1) is 11.3 Å². The molecule has 1 heterocycles. The van der Waals surface area contributed by atoms with Crippen molar-refractivity contribution in [3.8, 4) is 0 Å². The van der Waals surface area contributed by atoms with E-state index >= 15 is 0 Å². The molecule has 1 aliphatic carbocycles. The molecule has 0 aliphatic heterocycles. The predicted octanol–water partition coefficient (Wildman–Crippen LogP) is 5.24. The van der Waals surface area contributed by atoms with Crippen molar-refractivity contribution in [1.82, 2.24) is 10.3 Å². The Hall–Kier alpha value is -0.410. The van der Waals surface area contributed by atoms with Crippen LogP contribution in [0.4, 0.5) is 0 Å². The Bertz CT molecular complexity index is 446. The second-order valence-corrected chi connectivity index (χ2v) is 8.40. The predicted molar refractivity (Wildman–Crippen MR) is 93.0 cm³/mol. The molecule has 0 amide bonds. The first-order chi connectivity index (χ1) is 9.94. The number of aromatic nitrogens is 1. The van der Waals surface area contributed by atoms with Gasteiger partial charge >= 0.3 is 0 Å². The molecule has 2 rings (SSSR count). The molecule has 1 aliphatic rings. The molecule has 0 saturated heterocycles. The number of nitrogens with zero attached hydrogens (tertiary/aromatic N) is 1. The van der Waals surface area contributed by atoms with Gasteiger partial charge in [0, 0.05) is 10.8 Å². The molecule has 1 fully saturated rings. The number of rotatable bonds is 5. The van der Waals surface area contributed by atoms with E-state index in [9.17, 15) is 0 Å². The minimum Gasteiger partial charge on any atom is -0.305 e. The van der Waals surface area contributed by atoms with Gasteiger partial charge in [0.1, 0.15) is 5.01 Å². The largest absolute Gasteiger partial charge is 0.305 e. The second-order valence-electron chi connectivity index (χ2n) is 7.54. The van der Waals surface area contributed by atoms with Gasteiger partial charge in [-0.25, -0.2) is 4.98 Å². The molecule has 0 bridgehead atoms. The molecule has 1 aromatic rings. The summed E-state index contributed by atoms with van der Waals surface area (Å²) < 4.78 is 0. The van der Waals surface area contributed by atoms with Crippen LogP contribution in [0.15, 0.2) is 5.38 Å². The maximum atomic E-state index is 5.08. The molecule has 2 atom stereocenters. The highest BCUT2D eigenvalue weighted by molar-refractivity contribution is 7.09. The fourth-order valence-electron chi connectivity index (χ4n) is 3.56. The third kappa shape index (κ3) is 3.50. The summed E-state index contributed by atoms with van der Waals surface area (Å²) in [6.45, 7) is 12.5. The van der Waals surface area contributed by atoms with Crippen LogP contribution in [0.5, 0.6) is 0 Å². The van der Waals surface area contributed by atoms with Gasteiger partial charge < -0.3 is 5.32 Å². The van der Waals surface area contributed by atoms with Gasteiger partial charge in [-0.1, -0.05) is 53.9 Å². The Morgan fingerprint density at radius 3 is 2.67 bits per heavy atom. The molecule has 21 heavy (non-hydrogen) atoms. The number of nitrogens with one attached hydrogen (secondary N) is 1. The lowest BCUT2D eigenvalue weighted by molar-refractivity contribution is 0.135. The van der Waals surface area contributed by atoms with Gasteiger partial charge in [0.25, 0.3) is 0 Å². The Balaban J connectivity index is 2.36. The maximum absolute atomic E-state index is 5.08. The van der Waals surface area contributed by atoms with Crippen LogP contribution >= 0.6 is 11.3 Å². The fourth-order valence-corrected chi connectivity index (χ4v) is 4.89. The molecular weight excluding hydrogens is 276 g/mol. The van der Waals surface area contributed by atoms with Gasteiger partial charge in [-0.05, 0) is 31.7 Å². The molecule has 3 heteroatoms. The van der Waals surface area contributed by atoms with Crippen LogP contribution in [0.2, 0.25) is 0 Å². The molecule has 2 nitrogen and oxygen atoms in total. The zero-order valence-electron chi connectivity index (χ0n) is 14.5. The lowest BCUT2D eigenvalue weighted by Gasteiger charge is -2.43. The van der Waals surface area contributed by atoms with Gasteiger partial charge in [0.05, 0.1) is 11.2 Å². The third-order valence-electron chi connectivity index (χ3n) is 4.91. The molecule has 0 spiro atoms. The summed E-state index contributed by atoms with van der Waals surface area (Å²) >= 11 is 1.88. The van der Waals surface area contributed by atoms with Crippen LogP contribution in [0.1, 0.15) is 83.8 Å². The van der Waals surface area contributed by atoms with Crippen LogP contribution in [0, 0.1) is 5.92 Å². The van der Waals surface area contributed by atoms with Crippen molar-refractivity contribution in [2.24, 2.45) is 5.92 Å². The Labute approximate surface area is 134 Å². The summed E-state index contributed by atoms with van der Waals surface area (Å²) in [6, 6.07) is 0. The van der Waals surface area contributed by atoms with E-state index in [0.717, 1.165) is 12.5 Å². The number of hydrogen-bond donors (Lipinski definition) is 1. The first-order valence-electron chi connectivity index (χ1n) is 8.65. The van der Waals surface area contributed by atoms with E-state index in [1.807, 2.05) is 11.3 Å². The highest BCUT2D eigenvalue weighted by Gasteiger charge is 2.43. The van der Waals surface area contributed by atoms with Crippen LogP contribution in [0.25, 0.3) is 0 Å². The average Bonchev–Trinajstić information content (AvgIpc) is 2.95. The number of thiazole rings is 1. The summed E-state index contributed by atoms with van der Waals surface area (Å²) in [5.41, 5.74) is 1.54. The lowest BCUT2D eigenvalue weighted by atomic mass is 9.71. The third-order valence-corrected chi connectivity index (χ3v) is 5.93. The summed E-state index contributed by atoms with van der Waals surface area (Å²) in [6.07, 6.45) is 7.75. The van der Waals surface area contributed by atoms with Gasteiger partial charge in [0.2, 0.25) is 0 Å². The summed E-state index contributed by atoms with van der Waals surface area (Å²) in [5.74, 6) is 0.733. The lowest BCUT2D eigenvalue weighted by Crippen LogP contribution is -2.50. The Kier molecular flexibility index (Phi) is 5.48. The SMILES string of the molecule is CCCNC1(c2nc(C(C)(C)C)cs2)CCCCC1CC. The summed E-state index contributed by atoms with van der Waals surface area (Å²) in [4.78, 5) is 5.08. The average molecular weight is 309 g/mol. The van der Waals surface area contributed by atoms with Crippen LogP contribution < -0.4 is 5.32 Å². The minimum atomic E-state index is 0.136. The topological polar surface area (TPSA) is 24.9 Å². The van der Waals surface area contributed by atoms with Crippen molar-refractivity contribution in [2.45, 2.75) is 84.1 Å². The minimum absolute atomic E-state index is 0.136. The molecule has 120 valence electrons. The van der Waals surface area contributed by atoms with Gasteiger partial charge in [-0.2, -0.15) is 0 Å². The number of hydrogen-bond acceptors (Lipinski definition) is 3. The fraction of sp³-hybridized carbons (Fsp3) is 0.833. The van der Waals surface area contributed by atoms with E-state index in [0.29, 0.717) is 0 Å². The zero-order valence-corrected chi connectivity index (χ0v) is 15.3. The molecule has 1 aromatic heterocycles. The quantitative estimate of drug-likeness (QED) is 0.805. The van der Waals surface area contributed by atoms with E-state index in [-0.39, 0.29) is 11.0 Å². The molecular formula is C18H32N2S. The van der Waals surface area contributed by atoms with E-state index in [1.54, 1.807) is 0 Å². The van der Waals surface area contributed by atoms with Crippen LogP contribution in [0.3, 0.4) is 0 Å². The molecule has 2 unspecified atom stereocenters. The van der Waals surface area contributed by atoms with Crippen molar-refractivity contribution >= 4 is 11.3 Å². The first-order valence-corrected chi connectivity index (χ1v) is 9.53. The van der Waals surface area contributed by atoms with Crippen molar-refractivity contribution in [2.75, 3.05) is 6.54 Å². The van der Waals surface area contributed by atoms with Crippen molar-refractivity contribution in [3.05, 3.63) is 16.1 Å². The van der Waals surface area contributed by atoms with Crippen LogP contribution in [-0.4, -0.2) is 11.5 Å². The molecule has 1 saturated carbocycles. The van der Waals surface area contributed by atoms with Gasteiger partial charge in [0.15, 0.2) is 0 Å². The van der Waals surface area contributed by atoms with Crippen molar-refractivity contribution in [1.29, 1.82) is 0 Å². The second kappa shape index (κ2) is 6.78. The van der Waals surface area contributed by atoms with Crippen molar-refractivity contribution in [3.63, 3.8) is 0 Å². The maximum Gasteiger partial charge on any atom is 0.113 e. The Morgan fingerprint density at radius 1 is 1.33 bits per heavy atom. The summed E-state index contributed by atoms with van der Waals surface area (Å²) in [5, 5.41) is 7.54. The monoisotopic (exact) mass is 308 g/mol. The highest BCUT2D eigenvalue weighted by Crippen LogP contribution is 2.45.